The fourth-order valence-corrected chi connectivity index (χ4v) is 4.19. The van der Waals surface area contributed by atoms with E-state index in [1.54, 1.807) is 4.68 Å². The molecule has 0 saturated heterocycles. The summed E-state index contributed by atoms with van der Waals surface area (Å²) in [7, 11) is 0. The third-order valence-electron chi connectivity index (χ3n) is 5.19. The number of rotatable bonds is 5. The number of para-hydroxylation sites is 1. The summed E-state index contributed by atoms with van der Waals surface area (Å²) in [5.41, 5.74) is 5.50. The van der Waals surface area contributed by atoms with Gasteiger partial charge in [-0.2, -0.15) is 4.68 Å². The van der Waals surface area contributed by atoms with Crippen molar-refractivity contribution in [3.05, 3.63) is 65.0 Å². The van der Waals surface area contributed by atoms with E-state index in [1.807, 2.05) is 18.2 Å². The molecule has 0 unspecified atom stereocenters. The Kier molecular flexibility index (Phi) is 5.53. The van der Waals surface area contributed by atoms with E-state index in [0.29, 0.717) is 16.7 Å². The maximum atomic E-state index is 6.31. The van der Waals surface area contributed by atoms with Gasteiger partial charge in [-0.15, -0.1) is 15.3 Å². The number of aryl methyl sites for hydroxylation is 2. The Morgan fingerprint density at radius 1 is 0.935 bits per heavy atom. The van der Waals surface area contributed by atoms with E-state index in [9.17, 15) is 0 Å². The standard InChI is InChI=1S/C22H26N8S/c1-14-7-6-8-15(2)19(14)30-18(24-27-28-30)13-31-21-26-25-20(29(21)23)16-9-11-17(12-10-16)22(3,4)5/h6-12H,13,23H2,1-5H3. The van der Waals surface area contributed by atoms with E-state index in [1.165, 1.54) is 22.0 Å². The fraction of sp³-hybridized carbons (Fsp3) is 0.318. The van der Waals surface area contributed by atoms with Gasteiger partial charge in [0, 0.05) is 5.56 Å². The van der Waals surface area contributed by atoms with Crippen LogP contribution in [0.2, 0.25) is 0 Å². The van der Waals surface area contributed by atoms with Crippen LogP contribution in [0, 0.1) is 13.8 Å². The Morgan fingerprint density at radius 3 is 2.26 bits per heavy atom. The minimum atomic E-state index is 0.0926. The summed E-state index contributed by atoms with van der Waals surface area (Å²) in [6, 6.07) is 14.4. The van der Waals surface area contributed by atoms with Gasteiger partial charge < -0.3 is 5.84 Å². The Morgan fingerprint density at radius 2 is 1.61 bits per heavy atom. The van der Waals surface area contributed by atoms with Gasteiger partial charge >= 0.3 is 0 Å². The van der Waals surface area contributed by atoms with Gasteiger partial charge in [-0.25, -0.2) is 4.68 Å². The topological polar surface area (TPSA) is 100 Å². The van der Waals surface area contributed by atoms with Crippen molar-refractivity contribution >= 4 is 11.8 Å². The fourth-order valence-electron chi connectivity index (χ4n) is 3.43. The summed E-state index contributed by atoms with van der Waals surface area (Å²) < 4.78 is 3.30. The lowest BCUT2D eigenvalue weighted by atomic mass is 9.87. The number of benzene rings is 2. The number of hydrogen-bond acceptors (Lipinski definition) is 7. The molecule has 8 nitrogen and oxygen atoms in total. The predicted octanol–water partition coefficient (Wildman–Crippen LogP) is 3.84. The van der Waals surface area contributed by atoms with Crippen molar-refractivity contribution in [1.29, 1.82) is 0 Å². The van der Waals surface area contributed by atoms with Crippen LogP contribution in [0.15, 0.2) is 47.6 Å². The van der Waals surface area contributed by atoms with Gasteiger partial charge in [0.05, 0.1) is 11.4 Å². The number of nitrogens with two attached hydrogens (primary N) is 1. The lowest BCUT2D eigenvalue weighted by Gasteiger charge is -2.19. The molecule has 2 N–H and O–H groups in total. The molecule has 9 heteroatoms. The molecule has 0 aliphatic carbocycles. The second-order valence-corrected chi connectivity index (χ2v) is 9.48. The third kappa shape index (κ3) is 4.18. The van der Waals surface area contributed by atoms with Gasteiger partial charge in [-0.1, -0.05) is 75.0 Å². The van der Waals surface area contributed by atoms with Crippen LogP contribution >= 0.6 is 11.8 Å². The molecular weight excluding hydrogens is 408 g/mol. The average Bonchev–Trinajstić information content (AvgIpc) is 3.32. The van der Waals surface area contributed by atoms with Gasteiger partial charge in [-0.05, 0) is 46.4 Å². The molecule has 160 valence electrons. The van der Waals surface area contributed by atoms with E-state index in [2.05, 4.69) is 84.6 Å². The van der Waals surface area contributed by atoms with Crippen molar-refractivity contribution < 1.29 is 0 Å². The van der Waals surface area contributed by atoms with E-state index in [-0.39, 0.29) is 5.41 Å². The average molecular weight is 435 g/mol. The van der Waals surface area contributed by atoms with Gasteiger partial charge in [0.25, 0.3) is 0 Å². The molecule has 0 radical (unpaired) electrons. The first-order chi connectivity index (χ1) is 14.8. The lowest BCUT2D eigenvalue weighted by Crippen LogP contribution is -2.13. The van der Waals surface area contributed by atoms with Crippen molar-refractivity contribution in [1.82, 2.24) is 35.1 Å². The number of thioether (sulfide) groups is 1. The highest BCUT2D eigenvalue weighted by Gasteiger charge is 2.18. The van der Waals surface area contributed by atoms with Crippen LogP contribution in [0.25, 0.3) is 17.1 Å². The van der Waals surface area contributed by atoms with Crippen LogP contribution in [-0.4, -0.2) is 35.1 Å². The van der Waals surface area contributed by atoms with Crippen molar-refractivity contribution in [2.45, 2.75) is 50.9 Å². The number of tetrazole rings is 1. The van der Waals surface area contributed by atoms with Crippen LogP contribution in [0.4, 0.5) is 0 Å². The highest BCUT2D eigenvalue weighted by atomic mass is 32.2. The molecule has 31 heavy (non-hydrogen) atoms. The molecule has 2 aromatic carbocycles. The first-order valence-electron chi connectivity index (χ1n) is 10.0. The zero-order valence-corrected chi connectivity index (χ0v) is 19.2. The zero-order chi connectivity index (χ0) is 22.2. The summed E-state index contributed by atoms with van der Waals surface area (Å²) in [5.74, 6) is 8.17. The van der Waals surface area contributed by atoms with Gasteiger partial charge in [0.2, 0.25) is 5.16 Å². The minimum Gasteiger partial charge on any atom is -0.335 e. The van der Waals surface area contributed by atoms with Crippen LogP contribution < -0.4 is 5.84 Å². The predicted molar refractivity (Wildman–Crippen MR) is 122 cm³/mol. The number of nitrogen functional groups attached to an aromatic ring is 1. The Labute approximate surface area is 185 Å². The normalized spacial score (nSPS) is 11.8. The summed E-state index contributed by atoms with van der Waals surface area (Å²) >= 11 is 1.45. The summed E-state index contributed by atoms with van der Waals surface area (Å²) in [6.45, 7) is 10.7. The molecular formula is C22H26N8S. The van der Waals surface area contributed by atoms with Crippen molar-refractivity contribution in [3.8, 4) is 17.1 Å². The molecule has 0 fully saturated rings. The molecule has 0 saturated carbocycles. The Hall–Kier alpha value is -3.20. The lowest BCUT2D eigenvalue weighted by molar-refractivity contribution is 0.590. The molecule has 0 atom stereocenters. The van der Waals surface area contributed by atoms with Gasteiger partial charge in [0.1, 0.15) is 0 Å². The first-order valence-corrected chi connectivity index (χ1v) is 11.0. The van der Waals surface area contributed by atoms with Crippen molar-refractivity contribution in [3.63, 3.8) is 0 Å². The van der Waals surface area contributed by atoms with E-state index < -0.39 is 0 Å². The quantitative estimate of drug-likeness (QED) is 0.376. The van der Waals surface area contributed by atoms with Crippen LogP contribution in [-0.2, 0) is 11.2 Å². The van der Waals surface area contributed by atoms with Gasteiger partial charge in [-0.3, -0.25) is 0 Å². The molecule has 0 aliphatic rings. The van der Waals surface area contributed by atoms with Crippen molar-refractivity contribution in [2.75, 3.05) is 5.84 Å². The van der Waals surface area contributed by atoms with E-state index >= 15 is 0 Å². The first kappa shape index (κ1) is 21.0. The maximum Gasteiger partial charge on any atom is 0.210 e. The number of hydrogen-bond donors (Lipinski definition) is 1. The van der Waals surface area contributed by atoms with Crippen LogP contribution in [0.3, 0.4) is 0 Å². The smallest absolute Gasteiger partial charge is 0.210 e. The zero-order valence-electron chi connectivity index (χ0n) is 18.4. The molecule has 4 aromatic rings. The second kappa shape index (κ2) is 8.14. The summed E-state index contributed by atoms with van der Waals surface area (Å²) in [4.78, 5) is 0. The van der Waals surface area contributed by atoms with Gasteiger partial charge in [0.15, 0.2) is 11.6 Å². The number of aromatic nitrogens is 7. The summed E-state index contributed by atoms with van der Waals surface area (Å²) in [5, 5.41) is 21.4. The molecule has 2 aromatic heterocycles. The van der Waals surface area contributed by atoms with Crippen molar-refractivity contribution in [2.24, 2.45) is 0 Å². The van der Waals surface area contributed by atoms with E-state index in [0.717, 1.165) is 28.2 Å². The molecule has 4 rings (SSSR count). The largest absolute Gasteiger partial charge is 0.335 e. The Bertz CT molecular complexity index is 1180. The SMILES string of the molecule is Cc1cccc(C)c1-n1nnnc1CSc1nnc(-c2ccc(C(C)(C)C)cc2)n1N. The molecule has 2 heterocycles. The maximum absolute atomic E-state index is 6.31. The highest BCUT2D eigenvalue weighted by molar-refractivity contribution is 7.98. The minimum absolute atomic E-state index is 0.0926. The molecule has 0 bridgehead atoms. The highest BCUT2D eigenvalue weighted by Crippen LogP contribution is 2.28. The third-order valence-corrected chi connectivity index (χ3v) is 6.13. The van der Waals surface area contributed by atoms with Crippen LogP contribution in [0.5, 0.6) is 0 Å². The molecule has 0 aliphatic heterocycles. The molecule has 0 spiro atoms. The second-order valence-electron chi connectivity index (χ2n) is 8.54. The summed E-state index contributed by atoms with van der Waals surface area (Å²) in [6.07, 6.45) is 0. The monoisotopic (exact) mass is 434 g/mol. The van der Waals surface area contributed by atoms with Crippen LogP contribution in [0.1, 0.15) is 43.3 Å². The molecule has 0 amide bonds. The number of nitrogens with zero attached hydrogens (tertiary/aromatic N) is 7. The Balaban J connectivity index is 1.54. The van der Waals surface area contributed by atoms with E-state index in [4.69, 9.17) is 5.84 Å².